The molecular formula is C15H16N2O. The van der Waals surface area contributed by atoms with Crippen LogP contribution in [-0.2, 0) is 0 Å². The molecule has 1 unspecified atom stereocenters. The van der Waals surface area contributed by atoms with Crippen molar-refractivity contribution < 1.29 is 4.79 Å². The standard InChI is InChI=1S/C15H16N2O/c1-12(13-7-3-2-4-8-13)11-17-15(18)14-9-5-6-10-16-14/h2-10,12H,11H2,1H3,(H,17,18). The molecule has 0 saturated carbocycles. The van der Waals surface area contributed by atoms with Crippen molar-refractivity contribution in [2.24, 2.45) is 0 Å². The van der Waals surface area contributed by atoms with E-state index in [1.165, 1.54) is 5.56 Å². The number of hydrogen-bond donors (Lipinski definition) is 1. The van der Waals surface area contributed by atoms with Gasteiger partial charge in [-0.2, -0.15) is 0 Å². The number of carbonyl (C=O) groups is 1. The van der Waals surface area contributed by atoms with Crippen LogP contribution in [0, 0.1) is 0 Å². The summed E-state index contributed by atoms with van der Waals surface area (Å²) in [6.45, 7) is 2.70. The van der Waals surface area contributed by atoms with Crippen LogP contribution >= 0.6 is 0 Å². The molecule has 1 atom stereocenters. The van der Waals surface area contributed by atoms with Crippen LogP contribution in [0.1, 0.15) is 28.9 Å². The van der Waals surface area contributed by atoms with Crippen LogP contribution in [0.4, 0.5) is 0 Å². The van der Waals surface area contributed by atoms with Gasteiger partial charge in [0, 0.05) is 12.7 Å². The molecule has 0 bridgehead atoms. The first-order chi connectivity index (χ1) is 8.77. The lowest BCUT2D eigenvalue weighted by atomic mass is 10.0. The minimum Gasteiger partial charge on any atom is -0.350 e. The second-order valence-electron chi connectivity index (χ2n) is 4.24. The van der Waals surface area contributed by atoms with Gasteiger partial charge in [-0.25, -0.2) is 0 Å². The van der Waals surface area contributed by atoms with E-state index in [4.69, 9.17) is 0 Å². The molecule has 2 aromatic rings. The van der Waals surface area contributed by atoms with Crippen LogP contribution < -0.4 is 5.32 Å². The minimum absolute atomic E-state index is 0.126. The van der Waals surface area contributed by atoms with Gasteiger partial charge >= 0.3 is 0 Å². The van der Waals surface area contributed by atoms with Crippen molar-refractivity contribution in [3.8, 4) is 0 Å². The molecule has 3 heteroatoms. The summed E-state index contributed by atoms with van der Waals surface area (Å²) in [5.74, 6) is 0.164. The number of amides is 1. The SMILES string of the molecule is CC(CNC(=O)c1ccccn1)c1ccccc1. The Bertz CT molecular complexity index is 496. The Morgan fingerprint density at radius 1 is 1.17 bits per heavy atom. The second kappa shape index (κ2) is 5.96. The summed E-state index contributed by atoms with van der Waals surface area (Å²) in [4.78, 5) is 15.8. The van der Waals surface area contributed by atoms with Crippen molar-refractivity contribution in [2.75, 3.05) is 6.54 Å². The highest BCUT2D eigenvalue weighted by atomic mass is 16.1. The molecule has 92 valence electrons. The Kier molecular flexibility index (Phi) is 4.07. The number of nitrogens with one attached hydrogen (secondary N) is 1. The lowest BCUT2D eigenvalue weighted by molar-refractivity contribution is 0.0946. The molecule has 18 heavy (non-hydrogen) atoms. The quantitative estimate of drug-likeness (QED) is 0.892. The van der Waals surface area contributed by atoms with Crippen molar-refractivity contribution in [3.05, 3.63) is 66.0 Å². The number of nitrogens with zero attached hydrogens (tertiary/aromatic N) is 1. The van der Waals surface area contributed by atoms with Gasteiger partial charge in [-0.3, -0.25) is 9.78 Å². The number of carbonyl (C=O) groups excluding carboxylic acids is 1. The first kappa shape index (κ1) is 12.3. The van der Waals surface area contributed by atoms with Gasteiger partial charge in [0.15, 0.2) is 0 Å². The fourth-order valence-electron chi connectivity index (χ4n) is 1.73. The lowest BCUT2D eigenvalue weighted by Gasteiger charge is -2.12. The van der Waals surface area contributed by atoms with E-state index in [1.807, 2.05) is 24.3 Å². The third kappa shape index (κ3) is 3.17. The fourth-order valence-corrected chi connectivity index (χ4v) is 1.73. The predicted octanol–water partition coefficient (Wildman–Crippen LogP) is 2.62. The molecule has 3 nitrogen and oxygen atoms in total. The summed E-state index contributed by atoms with van der Waals surface area (Å²) in [6.07, 6.45) is 1.62. The van der Waals surface area contributed by atoms with Crippen molar-refractivity contribution in [1.82, 2.24) is 10.3 Å². The monoisotopic (exact) mass is 240 g/mol. The summed E-state index contributed by atoms with van der Waals surface area (Å²) in [6, 6.07) is 15.4. The summed E-state index contributed by atoms with van der Waals surface area (Å²) < 4.78 is 0. The Balaban J connectivity index is 1.91. The molecule has 0 aliphatic heterocycles. The van der Waals surface area contributed by atoms with E-state index in [0.29, 0.717) is 18.2 Å². The summed E-state index contributed by atoms with van der Waals surface area (Å²) in [7, 11) is 0. The third-order valence-electron chi connectivity index (χ3n) is 2.83. The Hall–Kier alpha value is -2.16. The van der Waals surface area contributed by atoms with E-state index in [2.05, 4.69) is 29.4 Å². The average Bonchev–Trinajstić information content (AvgIpc) is 2.46. The zero-order valence-corrected chi connectivity index (χ0v) is 10.3. The molecule has 1 aromatic heterocycles. The van der Waals surface area contributed by atoms with Gasteiger partial charge in [0.05, 0.1) is 0 Å². The maximum atomic E-state index is 11.8. The predicted molar refractivity (Wildman–Crippen MR) is 71.4 cm³/mol. The number of benzene rings is 1. The molecule has 2 rings (SSSR count). The highest BCUT2D eigenvalue weighted by Gasteiger charge is 2.09. The summed E-state index contributed by atoms with van der Waals surface area (Å²) >= 11 is 0. The van der Waals surface area contributed by atoms with E-state index >= 15 is 0 Å². The van der Waals surface area contributed by atoms with Crippen LogP contribution in [-0.4, -0.2) is 17.4 Å². The van der Waals surface area contributed by atoms with Gasteiger partial charge in [0.2, 0.25) is 0 Å². The average molecular weight is 240 g/mol. The maximum absolute atomic E-state index is 11.8. The van der Waals surface area contributed by atoms with E-state index < -0.39 is 0 Å². The Labute approximate surface area is 107 Å². The zero-order chi connectivity index (χ0) is 12.8. The molecule has 0 aliphatic rings. The Morgan fingerprint density at radius 3 is 2.56 bits per heavy atom. The van der Waals surface area contributed by atoms with Crippen LogP contribution in [0.15, 0.2) is 54.7 Å². The molecule has 0 aliphatic carbocycles. The number of hydrogen-bond acceptors (Lipinski definition) is 2. The molecule has 1 N–H and O–H groups in total. The molecular weight excluding hydrogens is 224 g/mol. The minimum atomic E-state index is -0.126. The van der Waals surface area contributed by atoms with E-state index in [-0.39, 0.29) is 5.91 Å². The highest BCUT2D eigenvalue weighted by molar-refractivity contribution is 5.92. The first-order valence-corrected chi connectivity index (χ1v) is 6.01. The van der Waals surface area contributed by atoms with Crippen molar-refractivity contribution in [2.45, 2.75) is 12.8 Å². The Morgan fingerprint density at radius 2 is 1.89 bits per heavy atom. The van der Waals surface area contributed by atoms with Gasteiger partial charge in [0.25, 0.3) is 5.91 Å². The van der Waals surface area contributed by atoms with Crippen molar-refractivity contribution in [3.63, 3.8) is 0 Å². The largest absolute Gasteiger partial charge is 0.350 e. The number of aromatic nitrogens is 1. The first-order valence-electron chi connectivity index (χ1n) is 6.01. The molecule has 0 radical (unpaired) electrons. The summed E-state index contributed by atoms with van der Waals surface area (Å²) in [5, 5.41) is 2.90. The molecule has 1 heterocycles. The summed E-state index contributed by atoms with van der Waals surface area (Å²) in [5.41, 5.74) is 1.68. The number of rotatable bonds is 4. The third-order valence-corrected chi connectivity index (χ3v) is 2.83. The smallest absolute Gasteiger partial charge is 0.269 e. The van der Waals surface area contributed by atoms with Crippen LogP contribution in [0.3, 0.4) is 0 Å². The van der Waals surface area contributed by atoms with Crippen molar-refractivity contribution >= 4 is 5.91 Å². The number of pyridine rings is 1. The van der Waals surface area contributed by atoms with Crippen LogP contribution in [0.5, 0.6) is 0 Å². The van der Waals surface area contributed by atoms with Crippen molar-refractivity contribution in [1.29, 1.82) is 0 Å². The maximum Gasteiger partial charge on any atom is 0.269 e. The van der Waals surface area contributed by atoms with E-state index in [9.17, 15) is 4.79 Å². The fraction of sp³-hybridized carbons (Fsp3) is 0.200. The van der Waals surface area contributed by atoms with Crippen LogP contribution in [0.2, 0.25) is 0 Å². The zero-order valence-electron chi connectivity index (χ0n) is 10.3. The molecule has 1 amide bonds. The van der Waals surface area contributed by atoms with E-state index in [1.54, 1.807) is 18.3 Å². The van der Waals surface area contributed by atoms with Gasteiger partial charge in [-0.05, 0) is 23.6 Å². The van der Waals surface area contributed by atoms with E-state index in [0.717, 1.165) is 0 Å². The second-order valence-corrected chi connectivity index (χ2v) is 4.24. The van der Waals surface area contributed by atoms with Gasteiger partial charge in [-0.15, -0.1) is 0 Å². The van der Waals surface area contributed by atoms with Crippen LogP contribution in [0.25, 0.3) is 0 Å². The normalized spacial score (nSPS) is 11.8. The van der Waals surface area contributed by atoms with Gasteiger partial charge in [-0.1, -0.05) is 43.3 Å². The molecule has 1 aromatic carbocycles. The lowest BCUT2D eigenvalue weighted by Crippen LogP contribution is -2.28. The molecule has 0 saturated heterocycles. The topological polar surface area (TPSA) is 42.0 Å². The molecule has 0 fully saturated rings. The molecule has 0 spiro atoms. The highest BCUT2D eigenvalue weighted by Crippen LogP contribution is 2.13. The van der Waals surface area contributed by atoms with Gasteiger partial charge < -0.3 is 5.32 Å². The van der Waals surface area contributed by atoms with Gasteiger partial charge in [0.1, 0.15) is 5.69 Å².